The Morgan fingerprint density at radius 1 is 1.11 bits per heavy atom. The Morgan fingerprint density at radius 3 is 2.32 bits per heavy atom. The van der Waals surface area contributed by atoms with Crippen molar-refractivity contribution in [2.45, 2.75) is 40.2 Å². The average molecular weight is 612 g/mol. The van der Waals surface area contributed by atoms with Crippen molar-refractivity contribution in [3.63, 3.8) is 0 Å². The molecule has 8 nitrogen and oxygen atoms in total. The Hall–Kier alpha value is -4.02. The summed E-state index contributed by atoms with van der Waals surface area (Å²) in [6, 6.07) is 7.98. The number of halogens is 2. The molecule has 1 fully saturated rings. The summed E-state index contributed by atoms with van der Waals surface area (Å²) in [6.07, 6.45) is 11.8. The molecule has 240 valence electrons. The van der Waals surface area contributed by atoms with E-state index in [1.807, 2.05) is 69.3 Å². The monoisotopic (exact) mass is 611 g/mol. The minimum atomic E-state index is -0.869. The van der Waals surface area contributed by atoms with Gasteiger partial charge in [0.15, 0.2) is 0 Å². The molecule has 1 aromatic heterocycles. The Labute approximate surface area is 260 Å². The summed E-state index contributed by atoms with van der Waals surface area (Å²) in [5, 5.41) is 6.16. The number of aromatic amines is 1. The van der Waals surface area contributed by atoms with Crippen LogP contribution in [-0.4, -0.2) is 71.3 Å². The van der Waals surface area contributed by atoms with Crippen LogP contribution in [0.3, 0.4) is 0 Å². The Kier molecular flexibility index (Phi) is 15.3. The Bertz CT molecular complexity index is 1350. The summed E-state index contributed by atoms with van der Waals surface area (Å²) < 4.78 is 38.2. The lowest BCUT2D eigenvalue weighted by Crippen LogP contribution is -2.45. The zero-order chi connectivity index (χ0) is 32.5. The first kappa shape index (κ1) is 36.2. The van der Waals surface area contributed by atoms with Crippen LogP contribution in [0.25, 0.3) is 5.69 Å². The van der Waals surface area contributed by atoms with Crippen LogP contribution in [0.4, 0.5) is 14.5 Å². The van der Waals surface area contributed by atoms with Gasteiger partial charge in [-0.05, 0) is 58.0 Å². The van der Waals surface area contributed by atoms with Gasteiger partial charge in [-0.3, -0.25) is 0 Å². The fourth-order valence-corrected chi connectivity index (χ4v) is 4.46. The van der Waals surface area contributed by atoms with Crippen molar-refractivity contribution in [3.05, 3.63) is 114 Å². The van der Waals surface area contributed by atoms with Crippen LogP contribution in [0.15, 0.2) is 108 Å². The van der Waals surface area contributed by atoms with E-state index < -0.39 is 11.4 Å². The van der Waals surface area contributed by atoms with Crippen molar-refractivity contribution in [2.24, 2.45) is 5.92 Å². The summed E-state index contributed by atoms with van der Waals surface area (Å²) in [7, 11) is 0. The van der Waals surface area contributed by atoms with E-state index in [2.05, 4.69) is 33.2 Å². The van der Waals surface area contributed by atoms with Gasteiger partial charge in [-0.25, -0.2) is 23.2 Å². The molecule has 1 saturated heterocycles. The molecule has 0 unspecified atom stereocenters. The lowest BCUT2D eigenvalue weighted by atomic mass is 9.96. The largest absolute Gasteiger partial charge is 0.381 e. The number of allylic oxidation sites excluding steroid dienone is 6. The molecule has 0 spiro atoms. The molecule has 0 aliphatic carbocycles. The van der Waals surface area contributed by atoms with E-state index in [1.165, 1.54) is 17.0 Å². The maximum Gasteiger partial charge on any atom is 0.347 e. The molecule has 0 saturated carbocycles. The molecular formula is C34H47F2N5O3. The zero-order valence-corrected chi connectivity index (χ0v) is 26.6. The number of aromatic nitrogens is 3. The predicted molar refractivity (Wildman–Crippen MR) is 175 cm³/mol. The summed E-state index contributed by atoms with van der Waals surface area (Å²) >= 11 is 0. The van der Waals surface area contributed by atoms with Gasteiger partial charge in [-0.15, -0.1) is 0 Å². The van der Waals surface area contributed by atoms with Crippen LogP contribution in [-0.2, 0) is 9.47 Å². The molecule has 1 aliphatic rings. The Balaban J connectivity index is 0.000000321. The van der Waals surface area contributed by atoms with Gasteiger partial charge in [0, 0.05) is 61.7 Å². The number of ether oxygens (including phenoxy) is 2. The lowest BCUT2D eigenvalue weighted by Gasteiger charge is -2.37. The van der Waals surface area contributed by atoms with Gasteiger partial charge in [0.25, 0.3) is 0 Å². The van der Waals surface area contributed by atoms with Gasteiger partial charge in [0.05, 0.1) is 30.8 Å². The van der Waals surface area contributed by atoms with Crippen molar-refractivity contribution in [1.29, 1.82) is 0 Å². The van der Waals surface area contributed by atoms with Gasteiger partial charge in [0.1, 0.15) is 12.2 Å². The number of hydrogen-bond acceptors (Lipinski definition) is 6. The molecule has 10 heteroatoms. The fourth-order valence-electron chi connectivity index (χ4n) is 4.46. The molecule has 44 heavy (non-hydrogen) atoms. The number of rotatable bonds is 14. The SMILES string of the molecule is C=C(/C=C\C=C/C)N1CCN(c2ccc(-n3cn[nH]c3=O)cc2)CC1.C=C/C(=C(F)\C=C\F)C(C)(C)OC[C@H](C)COCC. The van der Waals surface area contributed by atoms with Gasteiger partial charge >= 0.3 is 5.69 Å². The van der Waals surface area contributed by atoms with Crippen molar-refractivity contribution >= 4 is 5.69 Å². The number of benzene rings is 1. The van der Waals surface area contributed by atoms with Gasteiger partial charge in [0.2, 0.25) is 0 Å². The highest BCUT2D eigenvalue weighted by atomic mass is 19.1. The van der Waals surface area contributed by atoms with E-state index in [0.29, 0.717) is 19.8 Å². The number of piperazine rings is 1. The maximum absolute atomic E-state index is 13.7. The van der Waals surface area contributed by atoms with Gasteiger partial charge in [-0.2, -0.15) is 5.10 Å². The highest BCUT2D eigenvalue weighted by molar-refractivity contribution is 5.51. The predicted octanol–water partition coefficient (Wildman–Crippen LogP) is 6.68. The number of anilines is 1. The quantitative estimate of drug-likeness (QED) is 0.241. The summed E-state index contributed by atoms with van der Waals surface area (Å²) in [4.78, 5) is 16.3. The molecule has 1 atom stereocenters. The van der Waals surface area contributed by atoms with Crippen LogP contribution in [0, 0.1) is 5.92 Å². The standard InChI is InChI=1S/C19H23N5O.C15H24F2O2/c1-3-4-5-6-16(2)22-11-13-23(14-12-22)17-7-9-18(10-8-17)24-15-20-21-19(24)25;1-6-13(14(17)8-9-16)15(4,5)19-11-12(3)10-18-7-2/h3-10,15H,2,11-14H2,1H3,(H,21,25);6,8-9,12H,1,7,10-11H2,2-5H3/b4-3-,6-5-;9-8+,14-13-/t;12-/m.1/s1. The maximum atomic E-state index is 13.7. The lowest BCUT2D eigenvalue weighted by molar-refractivity contribution is -0.0229. The highest BCUT2D eigenvalue weighted by Gasteiger charge is 2.26. The molecule has 1 N–H and O–H groups in total. The molecule has 0 bridgehead atoms. The number of hydrogen-bond donors (Lipinski definition) is 1. The van der Waals surface area contributed by atoms with Crippen LogP contribution >= 0.6 is 0 Å². The highest BCUT2D eigenvalue weighted by Crippen LogP contribution is 2.27. The Morgan fingerprint density at radius 2 is 1.77 bits per heavy atom. The third-order valence-corrected chi connectivity index (χ3v) is 6.98. The first-order chi connectivity index (χ1) is 21.1. The number of nitrogens with zero attached hydrogens (tertiary/aromatic N) is 4. The third-order valence-electron chi connectivity index (χ3n) is 6.98. The van der Waals surface area contributed by atoms with Crippen LogP contribution in [0.1, 0.15) is 34.6 Å². The first-order valence-corrected chi connectivity index (χ1v) is 14.8. The molecule has 1 aliphatic heterocycles. The van der Waals surface area contributed by atoms with E-state index in [0.717, 1.165) is 49.3 Å². The number of H-pyrrole nitrogens is 1. The average Bonchev–Trinajstić information content (AvgIpc) is 3.45. The van der Waals surface area contributed by atoms with E-state index in [4.69, 9.17) is 9.47 Å². The second-order valence-electron chi connectivity index (χ2n) is 10.7. The van der Waals surface area contributed by atoms with E-state index >= 15 is 0 Å². The zero-order valence-electron chi connectivity index (χ0n) is 26.6. The molecule has 3 rings (SSSR count). The normalized spacial score (nSPS) is 15.4. The van der Waals surface area contributed by atoms with E-state index in [1.54, 1.807) is 13.8 Å². The van der Waals surface area contributed by atoms with Crippen molar-refractivity contribution in [3.8, 4) is 5.69 Å². The van der Waals surface area contributed by atoms with E-state index in [-0.39, 0.29) is 23.5 Å². The first-order valence-electron chi connectivity index (χ1n) is 14.8. The molecule has 1 aromatic carbocycles. The minimum absolute atomic E-state index is 0.159. The van der Waals surface area contributed by atoms with Crippen LogP contribution in [0.2, 0.25) is 0 Å². The van der Waals surface area contributed by atoms with Crippen LogP contribution in [0.5, 0.6) is 0 Å². The number of nitrogens with one attached hydrogen (secondary N) is 1. The molecule has 2 heterocycles. The van der Waals surface area contributed by atoms with Crippen molar-refractivity contribution < 1.29 is 18.3 Å². The second-order valence-corrected chi connectivity index (χ2v) is 10.7. The van der Waals surface area contributed by atoms with Gasteiger partial charge < -0.3 is 19.3 Å². The molecule has 2 aromatic rings. The summed E-state index contributed by atoms with van der Waals surface area (Å²) in [5.41, 5.74) is 2.15. The fraction of sp³-hybridized carbons (Fsp3) is 0.412. The smallest absolute Gasteiger partial charge is 0.347 e. The minimum Gasteiger partial charge on any atom is -0.381 e. The topological polar surface area (TPSA) is 75.6 Å². The van der Waals surface area contributed by atoms with Crippen molar-refractivity contribution in [2.75, 3.05) is 50.9 Å². The molecule has 0 amide bonds. The van der Waals surface area contributed by atoms with E-state index in [9.17, 15) is 13.6 Å². The van der Waals surface area contributed by atoms with Gasteiger partial charge in [-0.1, -0.05) is 44.4 Å². The third kappa shape index (κ3) is 11.2. The second kappa shape index (κ2) is 18.6. The summed E-state index contributed by atoms with van der Waals surface area (Å²) in [6.45, 7) is 22.5. The molecule has 0 radical (unpaired) electrons. The summed E-state index contributed by atoms with van der Waals surface area (Å²) in [5.74, 6) is -0.481. The van der Waals surface area contributed by atoms with Crippen molar-refractivity contribution in [1.82, 2.24) is 19.7 Å². The molecular weight excluding hydrogens is 564 g/mol. The van der Waals surface area contributed by atoms with Crippen LogP contribution < -0.4 is 10.6 Å².